The molecule has 1 aromatic rings. The standard InChI is InChI=1S/C9H11N3/c1-3-8-7(2)4-5-9-11-10-6-12(8)9/h3,6H,1,4-5H2,2H3. The molecule has 0 saturated heterocycles. The van der Waals surface area contributed by atoms with Crippen LogP contribution >= 0.6 is 0 Å². The Morgan fingerprint density at radius 3 is 3.17 bits per heavy atom. The van der Waals surface area contributed by atoms with Crippen LogP contribution in [0.4, 0.5) is 0 Å². The summed E-state index contributed by atoms with van der Waals surface area (Å²) in [5.74, 6) is 1.04. The highest BCUT2D eigenvalue weighted by Crippen LogP contribution is 2.23. The number of hydrogen-bond acceptors (Lipinski definition) is 2. The maximum atomic E-state index is 4.02. The van der Waals surface area contributed by atoms with Crippen molar-refractivity contribution in [3.63, 3.8) is 0 Å². The topological polar surface area (TPSA) is 30.7 Å². The van der Waals surface area contributed by atoms with Crippen molar-refractivity contribution in [1.82, 2.24) is 14.8 Å². The largest absolute Gasteiger partial charge is 0.286 e. The lowest BCUT2D eigenvalue weighted by atomic mass is 10.1. The summed E-state index contributed by atoms with van der Waals surface area (Å²) in [4.78, 5) is 0. The Kier molecular flexibility index (Phi) is 1.57. The van der Waals surface area contributed by atoms with Crippen LogP contribution in [0.2, 0.25) is 0 Å². The van der Waals surface area contributed by atoms with Gasteiger partial charge in [0.2, 0.25) is 0 Å². The quantitative estimate of drug-likeness (QED) is 0.627. The van der Waals surface area contributed by atoms with Gasteiger partial charge in [-0.2, -0.15) is 0 Å². The first kappa shape index (κ1) is 7.28. The minimum atomic E-state index is 0.989. The molecule has 1 aliphatic rings. The minimum absolute atomic E-state index is 0.989. The highest BCUT2D eigenvalue weighted by atomic mass is 15.3. The Morgan fingerprint density at radius 2 is 2.42 bits per heavy atom. The van der Waals surface area contributed by atoms with Crippen molar-refractivity contribution in [3.05, 3.63) is 30.4 Å². The van der Waals surface area contributed by atoms with Crippen molar-refractivity contribution in [2.75, 3.05) is 0 Å². The summed E-state index contributed by atoms with van der Waals surface area (Å²) in [7, 11) is 0. The summed E-state index contributed by atoms with van der Waals surface area (Å²) in [6.07, 6.45) is 5.67. The molecule has 3 heteroatoms. The first-order valence-corrected chi connectivity index (χ1v) is 4.04. The molecule has 0 fully saturated rings. The van der Waals surface area contributed by atoms with E-state index in [2.05, 4.69) is 23.7 Å². The number of aryl methyl sites for hydroxylation is 1. The van der Waals surface area contributed by atoms with E-state index in [0.29, 0.717) is 0 Å². The van der Waals surface area contributed by atoms with Crippen LogP contribution in [0.1, 0.15) is 19.2 Å². The summed E-state index contributed by atoms with van der Waals surface area (Å²) >= 11 is 0. The lowest BCUT2D eigenvalue weighted by Crippen LogP contribution is -2.08. The molecule has 0 saturated carbocycles. The number of allylic oxidation sites excluding steroid dienone is 3. The van der Waals surface area contributed by atoms with Gasteiger partial charge in [0.1, 0.15) is 12.2 Å². The van der Waals surface area contributed by atoms with Gasteiger partial charge < -0.3 is 0 Å². The zero-order valence-electron chi connectivity index (χ0n) is 7.12. The van der Waals surface area contributed by atoms with Crippen LogP contribution in [-0.4, -0.2) is 14.8 Å². The van der Waals surface area contributed by atoms with Gasteiger partial charge in [-0.05, 0) is 25.0 Å². The normalized spacial score (nSPS) is 16.1. The Morgan fingerprint density at radius 1 is 1.58 bits per heavy atom. The van der Waals surface area contributed by atoms with Gasteiger partial charge >= 0.3 is 0 Å². The molecule has 0 radical (unpaired) electrons. The van der Waals surface area contributed by atoms with Gasteiger partial charge in [-0.15, -0.1) is 10.2 Å². The van der Waals surface area contributed by atoms with E-state index in [1.165, 1.54) is 5.57 Å². The lowest BCUT2D eigenvalue weighted by Gasteiger charge is -2.16. The van der Waals surface area contributed by atoms with Crippen LogP contribution in [0, 0.1) is 0 Å². The second-order valence-corrected chi connectivity index (χ2v) is 2.99. The number of nitrogens with zero attached hydrogens (tertiary/aromatic N) is 3. The molecule has 0 bridgehead atoms. The highest BCUT2D eigenvalue weighted by Gasteiger charge is 2.14. The summed E-state index contributed by atoms with van der Waals surface area (Å²) in [5, 5.41) is 7.89. The summed E-state index contributed by atoms with van der Waals surface area (Å²) < 4.78 is 2.01. The van der Waals surface area contributed by atoms with Crippen molar-refractivity contribution in [2.45, 2.75) is 19.8 Å². The van der Waals surface area contributed by atoms with E-state index in [4.69, 9.17) is 0 Å². The average Bonchev–Trinajstić information content (AvgIpc) is 2.52. The molecule has 0 unspecified atom stereocenters. The zero-order valence-corrected chi connectivity index (χ0v) is 7.12. The predicted molar refractivity (Wildman–Crippen MR) is 47.4 cm³/mol. The second-order valence-electron chi connectivity index (χ2n) is 2.99. The lowest BCUT2D eigenvalue weighted by molar-refractivity contribution is 0.785. The van der Waals surface area contributed by atoms with Crippen molar-refractivity contribution in [2.24, 2.45) is 0 Å². The van der Waals surface area contributed by atoms with Crippen molar-refractivity contribution < 1.29 is 0 Å². The fourth-order valence-electron chi connectivity index (χ4n) is 1.54. The van der Waals surface area contributed by atoms with Crippen LogP contribution in [0.15, 0.2) is 24.6 Å². The monoisotopic (exact) mass is 161 g/mol. The second kappa shape index (κ2) is 2.59. The molecule has 2 heterocycles. The third-order valence-corrected chi connectivity index (χ3v) is 2.23. The molecule has 0 amide bonds. The first-order chi connectivity index (χ1) is 5.83. The van der Waals surface area contributed by atoms with Crippen molar-refractivity contribution in [3.8, 4) is 0 Å². The predicted octanol–water partition coefficient (Wildman–Crippen LogP) is 1.64. The van der Waals surface area contributed by atoms with E-state index in [1.807, 2.05) is 10.6 Å². The summed E-state index contributed by atoms with van der Waals surface area (Å²) in [6, 6.07) is 0. The minimum Gasteiger partial charge on any atom is -0.286 e. The van der Waals surface area contributed by atoms with Gasteiger partial charge in [0.15, 0.2) is 0 Å². The van der Waals surface area contributed by atoms with Crippen LogP contribution in [0.25, 0.3) is 5.70 Å². The molecule has 0 spiro atoms. The highest BCUT2D eigenvalue weighted by molar-refractivity contribution is 5.61. The van der Waals surface area contributed by atoms with Gasteiger partial charge in [-0.25, -0.2) is 0 Å². The van der Waals surface area contributed by atoms with Gasteiger partial charge in [0.25, 0.3) is 0 Å². The Balaban J connectivity index is 2.59. The molecular weight excluding hydrogens is 150 g/mol. The molecule has 0 atom stereocenters. The van der Waals surface area contributed by atoms with E-state index in [-0.39, 0.29) is 0 Å². The smallest absolute Gasteiger partial charge is 0.137 e. The number of hydrogen-bond donors (Lipinski definition) is 0. The van der Waals surface area contributed by atoms with Crippen molar-refractivity contribution in [1.29, 1.82) is 0 Å². The molecule has 0 aliphatic carbocycles. The van der Waals surface area contributed by atoms with E-state index in [9.17, 15) is 0 Å². The third-order valence-electron chi connectivity index (χ3n) is 2.23. The molecule has 3 nitrogen and oxygen atoms in total. The van der Waals surface area contributed by atoms with Crippen molar-refractivity contribution >= 4 is 5.70 Å². The molecule has 0 aromatic carbocycles. The van der Waals surface area contributed by atoms with Gasteiger partial charge in [0.05, 0.1) is 0 Å². The fraction of sp³-hybridized carbons (Fsp3) is 0.333. The van der Waals surface area contributed by atoms with Crippen LogP contribution in [0.5, 0.6) is 0 Å². The Hall–Kier alpha value is -1.38. The first-order valence-electron chi connectivity index (χ1n) is 4.04. The fourth-order valence-corrected chi connectivity index (χ4v) is 1.54. The van der Waals surface area contributed by atoms with Gasteiger partial charge in [0, 0.05) is 12.1 Å². The Labute approximate surface area is 71.4 Å². The summed E-state index contributed by atoms with van der Waals surface area (Å²) in [6.45, 7) is 5.90. The van der Waals surface area contributed by atoms with E-state index in [0.717, 1.165) is 24.4 Å². The molecule has 1 aromatic heterocycles. The number of fused-ring (bicyclic) bond motifs is 1. The maximum absolute atomic E-state index is 4.02. The molecule has 62 valence electrons. The van der Waals surface area contributed by atoms with Crippen LogP contribution in [-0.2, 0) is 6.42 Å². The third kappa shape index (κ3) is 0.897. The Bertz CT molecular complexity index is 346. The van der Waals surface area contributed by atoms with Gasteiger partial charge in [-0.3, -0.25) is 4.57 Å². The van der Waals surface area contributed by atoms with E-state index >= 15 is 0 Å². The van der Waals surface area contributed by atoms with Gasteiger partial charge in [-0.1, -0.05) is 6.58 Å². The molecule has 2 rings (SSSR count). The molecule has 12 heavy (non-hydrogen) atoms. The SMILES string of the molecule is C=CC1=C(C)CCc2nncn21. The maximum Gasteiger partial charge on any atom is 0.137 e. The van der Waals surface area contributed by atoms with Crippen LogP contribution < -0.4 is 0 Å². The van der Waals surface area contributed by atoms with Crippen LogP contribution in [0.3, 0.4) is 0 Å². The zero-order chi connectivity index (χ0) is 8.55. The summed E-state index contributed by atoms with van der Waals surface area (Å²) in [5.41, 5.74) is 2.50. The molecular formula is C9H11N3. The van der Waals surface area contributed by atoms with E-state index in [1.54, 1.807) is 6.33 Å². The number of aromatic nitrogens is 3. The number of rotatable bonds is 1. The average molecular weight is 161 g/mol. The molecule has 1 aliphatic heterocycles. The van der Waals surface area contributed by atoms with E-state index < -0.39 is 0 Å². The molecule has 0 N–H and O–H groups in total.